The number of methoxy groups -OCH3 is 1. The molecule has 0 atom stereocenters. The zero-order chi connectivity index (χ0) is 14.1. The first-order valence-electron chi connectivity index (χ1n) is 6.69. The molecule has 1 aromatic carbocycles. The molecule has 1 N–H and O–H groups in total. The minimum atomic E-state index is 0.679. The van der Waals surface area contributed by atoms with Gasteiger partial charge in [0.25, 0.3) is 0 Å². The van der Waals surface area contributed by atoms with E-state index in [4.69, 9.17) is 4.74 Å². The fraction of sp³-hybridized carbons (Fsp3) is 0.533. The molecule has 4 nitrogen and oxygen atoms in total. The summed E-state index contributed by atoms with van der Waals surface area (Å²) < 4.78 is 5.02. The molecule has 0 spiro atoms. The molecule has 0 aromatic heterocycles. The predicted octanol–water partition coefficient (Wildman–Crippen LogP) is 1.90. The fourth-order valence-corrected chi connectivity index (χ4v) is 1.88. The molecule has 19 heavy (non-hydrogen) atoms. The Kier molecular flexibility index (Phi) is 6.97. The molecule has 0 saturated heterocycles. The second-order valence-corrected chi connectivity index (χ2v) is 4.49. The Morgan fingerprint density at radius 2 is 1.89 bits per heavy atom. The second kappa shape index (κ2) is 8.53. The van der Waals surface area contributed by atoms with Crippen LogP contribution in [-0.4, -0.2) is 45.2 Å². The minimum Gasteiger partial charge on any atom is -0.383 e. The van der Waals surface area contributed by atoms with E-state index in [0.29, 0.717) is 6.61 Å². The van der Waals surface area contributed by atoms with Gasteiger partial charge in [0, 0.05) is 34.3 Å². The van der Waals surface area contributed by atoms with Gasteiger partial charge in [0.1, 0.15) is 0 Å². The van der Waals surface area contributed by atoms with Crippen LogP contribution < -0.4 is 5.32 Å². The zero-order valence-corrected chi connectivity index (χ0v) is 12.4. The number of hydrogen-bond donors (Lipinski definition) is 1. The SMILES string of the molecule is CCc1ccc(CN(C)C(=NC)NCCOC)cc1. The number of nitrogens with one attached hydrogen (secondary N) is 1. The van der Waals surface area contributed by atoms with Crippen molar-refractivity contribution in [2.45, 2.75) is 19.9 Å². The van der Waals surface area contributed by atoms with Crippen LogP contribution in [0.5, 0.6) is 0 Å². The van der Waals surface area contributed by atoms with Crippen molar-refractivity contribution in [3.63, 3.8) is 0 Å². The lowest BCUT2D eigenvalue weighted by atomic mass is 10.1. The summed E-state index contributed by atoms with van der Waals surface area (Å²) in [4.78, 5) is 6.37. The number of aryl methyl sites for hydroxylation is 1. The normalized spacial score (nSPS) is 11.5. The number of rotatable bonds is 6. The minimum absolute atomic E-state index is 0.679. The van der Waals surface area contributed by atoms with Gasteiger partial charge in [0.2, 0.25) is 0 Å². The van der Waals surface area contributed by atoms with Crippen molar-refractivity contribution in [1.82, 2.24) is 10.2 Å². The Hall–Kier alpha value is -1.55. The molecule has 0 saturated carbocycles. The predicted molar refractivity (Wildman–Crippen MR) is 80.5 cm³/mol. The highest BCUT2D eigenvalue weighted by molar-refractivity contribution is 5.79. The van der Waals surface area contributed by atoms with E-state index in [1.807, 2.05) is 7.05 Å². The van der Waals surface area contributed by atoms with Crippen LogP contribution in [0.15, 0.2) is 29.3 Å². The first-order chi connectivity index (χ1) is 9.21. The van der Waals surface area contributed by atoms with Crippen LogP contribution in [0.3, 0.4) is 0 Å². The van der Waals surface area contributed by atoms with Gasteiger partial charge < -0.3 is 15.0 Å². The lowest BCUT2D eigenvalue weighted by Crippen LogP contribution is -2.39. The molecular formula is C15H25N3O. The standard InChI is InChI=1S/C15H25N3O/c1-5-13-6-8-14(9-7-13)12-18(3)15(16-2)17-10-11-19-4/h6-9H,5,10-12H2,1-4H3,(H,16,17). The monoisotopic (exact) mass is 263 g/mol. The van der Waals surface area contributed by atoms with Crippen molar-refractivity contribution < 1.29 is 4.74 Å². The highest BCUT2D eigenvalue weighted by atomic mass is 16.5. The van der Waals surface area contributed by atoms with Gasteiger partial charge in [-0.1, -0.05) is 31.2 Å². The first kappa shape index (κ1) is 15.5. The largest absolute Gasteiger partial charge is 0.383 e. The van der Waals surface area contributed by atoms with E-state index in [0.717, 1.165) is 25.5 Å². The van der Waals surface area contributed by atoms with Gasteiger partial charge in [-0.25, -0.2) is 0 Å². The molecular weight excluding hydrogens is 238 g/mol. The van der Waals surface area contributed by atoms with Crippen LogP contribution in [0.25, 0.3) is 0 Å². The molecule has 1 rings (SSSR count). The molecule has 0 bridgehead atoms. The maximum Gasteiger partial charge on any atom is 0.193 e. The average Bonchev–Trinajstić information content (AvgIpc) is 2.44. The van der Waals surface area contributed by atoms with Gasteiger partial charge in [0.15, 0.2) is 5.96 Å². The molecule has 0 aliphatic carbocycles. The quantitative estimate of drug-likeness (QED) is 0.484. The van der Waals surface area contributed by atoms with E-state index in [-0.39, 0.29) is 0 Å². The van der Waals surface area contributed by atoms with E-state index in [1.54, 1.807) is 14.2 Å². The average molecular weight is 263 g/mol. The van der Waals surface area contributed by atoms with E-state index in [2.05, 4.69) is 46.4 Å². The van der Waals surface area contributed by atoms with Crippen LogP contribution in [0.2, 0.25) is 0 Å². The van der Waals surface area contributed by atoms with Crippen molar-refractivity contribution in [3.05, 3.63) is 35.4 Å². The van der Waals surface area contributed by atoms with Crippen molar-refractivity contribution in [1.29, 1.82) is 0 Å². The summed E-state index contributed by atoms with van der Waals surface area (Å²) in [6.07, 6.45) is 1.08. The third kappa shape index (κ3) is 5.30. The topological polar surface area (TPSA) is 36.9 Å². The van der Waals surface area contributed by atoms with Crippen LogP contribution in [0.1, 0.15) is 18.1 Å². The molecule has 0 aliphatic rings. The Labute approximate surface area is 116 Å². The summed E-state index contributed by atoms with van der Waals surface area (Å²) in [5.74, 6) is 0.886. The molecule has 0 fully saturated rings. The van der Waals surface area contributed by atoms with Crippen LogP contribution in [0.4, 0.5) is 0 Å². The fourth-order valence-electron chi connectivity index (χ4n) is 1.88. The Balaban J connectivity index is 2.53. The molecule has 1 aromatic rings. The molecule has 0 unspecified atom stereocenters. The maximum atomic E-state index is 5.02. The lowest BCUT2D eigenvalue weighted by Gasteiger charge is -2.22. The number of hydrogen-bond acceptors (Lipinski definition) is 2. The molecule has 106 valence electrons. The number of aliphatic imine (C=N–C) groups is 1. The molecule has 0 amide bonds. The Bertz CT molecular complexity index is 387. The molecule has 4 heteroatoms. The van der Waals surface area contributed by atoms with Gasteiger partial charge in [-0.05, 0) is 17.5 Å². The van der Waals surface area contributed by atoms with E-state index < -0.39 is 0 Å². The van der Waals surface area contributed by atoms with Gasteiger partial charge in [0.05, 0.1) is 6.61 Å². The maximum absolute atomic E-state index is 5.02. The summed E-state index contributed by atoms with van der Waals surface area (Å²) in [5.41, 5.74) is 2.66. The zero-order valence-electron chi connectivity index (χ0n) is 12.4. The highest BCUT2D eigenvalue weighted by Gasteiger charge is 2.05. The smallest absolute Gasteiger partial charge is 0.193 e. The second-order valence-electron chi connectivity index (χ2n) is 4.49. The van der Waals surface area contributed by atoms with Crippen molar-refractivity contribution in [3.8, 4) is 0 Å². The number of nitrogens with zero attached hydrogens (tertiary/aromatic N) is 2. The Morgan fingerprint density at radius 1 is 1.26 bits per heavy atom. The van der Waals surface area contributed by atoms with Gasteiger partial charge in [-0.2, -0.15) is 0 Å². The van der Waals surface area contributed by atoms with Crippen molar-refractivity contribution in [2.24, 2.45) is 4.99 Å². The van der Waals surface area contributed by atoms with E-state index in [9.17, 15) is 0 Å². The Morgan fingerprint density at radius 3 is 2.42 bits per heavy atom. The number of benzene rings is 1. The van der Waals surface area contributed by atoms with Gasteiger partial charge >= 0.3 is 0 Å². The summed E-state index contributed by atoms with van der Waals surface area (Å²) >= 11 is 0. The first-order valence-corrected chi connectivity index (χ1v) is 6.69. The van der Waals surface area contributed by atoms with Crippen LogP contribution in [0, 0.1) is 0 Å². The van der Waals surface area contributed by atoms with Gasteiger partial charge in [-0.3, -0.25) is 4.99 Å². The third-order valence-electron chi connectivity index (χ3n) is 3.01. The van der Waals surface area contributed by atoms with E-state index >= 15 is 0 Å². The number of guanidine groups is 1. The highest BCUT2D eigenvalue weighted by Crippen LogP contribution is 2.07. The lowest BCUT2D eigenvalue weighted by molar-refractivity contribution is 0.203. The summed E-state index contributed by atoms with van der Waals surface area (Å²) in [5, 5.41) is 3.26. The van der Waals surface area contributed by atoms with Crippen molar-refractivity contribution >= 4 is 5.96 Å². The van der Waals surface area contributed by atoms with Crippen LogP contribution >= 0.6 is 0 Å². The van der Waals surface area contributed by atoms with Gasteiger partial charge in [-0.15, -0.1) is 0 Å². The summed E-state index contributed by atoms with van der Waals surface area (Å²) in [7, 11) is 5.53. The summed E-state index contributed by atoms with van der Waals surface area (Å²) in [6.45, 7) is 4.46. The molecule has 0 heterocycles. The van der Waals surface area contributed by atoms with E-state index in [1.165, 1.54) is 11.1 Å². The molecule has 0 radical (unpaired) electrons. The van der Waals surface area contributed by atoms with Crippen LogP contribution in [-0.2, 0) is 17.7 Å². The molecule has 0 aliphatic heterocycles. The number of ether oxygens (including phenoxy) is 1. The summed E-state index contributed by atoms with van der Waals surface area (Å²) in [6, 6.07) is 8.73. The third-order valence-corrected chi connectivity index (χ3v) is 3.01. The van der Waals surface area contributed by atoms with Crippen molar-refractivity contribution in [2.75, 3.05) is 34.4 Å².